The number of piperazine rings is 1. The molecule has 12 heteroatoms. The predicted molar refractivity (Wildman–Crippen MR) is 153 cm³/mol. The van der Waals surface area contributed by atoms with Crippen LogP contribution in [0.3, 0.4) is 0 Å². The number of nitrogens with zero attached hydrogens (tertiary/aromatic N) is 7. The number of hydrogen-bond donors (Lipinski definition) is 2. The molecule has 2 aliphatic heterocycles. The van der Waals surface area contributed by atoms with Gasteiger partial charge in [0.25, 0.3) is 0 Å². The molecule has 1 aromatic carbocycles. The molecule has 0 saturated carbocycles. The number of ether oxygens (including phenoxy) is 1. The molecular formula is C28H44N8O4. The summed E-state index contributed by atoms with van der Waals surface area (Å²) in [5, 5.41) is 21.1. The highest BCUT2D eigenvalue weighted by molar-refractivity contribution is 5.89. The van der Waals surface area contributed by atoms with Crippen LogP contribution in [-0.2, 0) is 22.7 Å². The SMILES string of the molecule is C[C@@H]1CN([C@H](C)CO)C(=O)CCCn2cc(nn2)CO[C@@H]1CN(C)C(=O)Nc1ccc(N2CCN(C)CC2)cc1. The number of likely N-dealkylation sites (N-methyl/N-ethyl adjacent to an activating group) is 2. The molecule has 0 radical (unpaired) electrons. The van der Waals surface area contributed by atoms with Crippen LogP contribution in [0, 0.1) is 5.92 Å². The van der Waals surface area contributed by atoms with Gasteiger partial charge in [0.1, 0.15) is 5.69 Å². The molecule has 2 aromatic rings. The molecule has 3 atom stereocenters. The van der Waals surface area contributed by atoms with E-state index in [2.05, 4.69) is 32.5 Å². The van der Waals surface area contributed by atoms with Crippen LogP contribution in [0.2, 0.25) is 0 Å². The second kappa shape index (κ2) is 13.9. The number of aromatic nitrogens is 3. The summed E-state index contributed by atoms with van der Waals surface area (Å²) < 4.78 is 8.00. The standard InChI is InChI=1S/C28H44N8O4/c1-21-16-36(22(2)19-37)27(38)6-5-11-35-17-24(30-31-35)20-40-26(21)18-33(4)28(39)29-23-7-9-25(10-8-23)34-14-12-32(3)13-15-34/h7-10,17,21-22,26,37H,5-6,11-16,18-20H2,1-4H3,(H,29,39)/t21-,22-,26-/m1/s1. The van der Waals surface area contributed by atoms with E-state index in [0.29, 0.717) is 38.2 Å². The number of aryl methyl sites for hydroxylation is 1. The first-order valence-electron chi connectivity index (χ1n) is 14.2. The largest absolute Gasteiger partial charge is 0.394 e. The maximum absolute atomic E-state index is 13.1. The summed E-state index contributed by atoms with van der Waals surface area (Å²) in [5.74, 6) is -0.121. The molecule has 220 valence electrons. The highest BCUT2D eigenvalue weighted by Gasteiger charge is 2.29. The number of benzene rings is 1. The van der Waals surface area contributed by atoms with Crippen molar-refractivity contribution >= 4 is 23.3 Å². The summed E-state index contributed by atoms with van der Waals surface area (Å²) in [4.78, 5) is 34.2. The minimum atomic E-state index is -0.373. The molecular weight excluding hydrogens is 512 g/mol. The molecule has 3 amide bonds. The molecule has 1 aromatic heterocycles. The number of nitrogens with one attached hydrogen (secondary N) is 1. The number of carbonyl (C=O) groups excluding carboxylic acids is 2. The highest BCUT2D eigenvalue weighted by Crippen LogP contribution is 2.21. The first-order chi connectivity index (χ1) is 19.2. The average molecular weight is 557 g/mol. The summed E-state index contributed by atoms with van der Waals surface area (Å²) in [6, 6.07) is 7.40. The Balaban J connectivity index is 1.41. The molecule has 12 nitrogen and oxygen atoms in total. The van der Waals surface area contributed by atoms with Gasteiger partial charge in [-0.1, -0.05) is 12.1 Å². The van der Waals surface area contributed by atoms with Gasteiger partial charge in [-0.05, 0) is 44.7 Å². The zero-order chi connectivity index (χ0) is 28.6. The van der Waals surface area contributed by atoms with Crippen molar-refractivity contribution in [1.29, 1.82) is 0 Å². The molecule has 2 aliphatic rings. The van der Waals surface area contributed by atoms with Gasteiger partial charge < -0.3 is 34.8 Å². The van der Waals surface area contributed by atoms with Crippen molar-refractivity contribution < 1.29 is 19.4 Å². The first kappa shape index (κ1) is 29.8. The third-order valence-electron chi connectivity index (χ3n) is 7.83. The van der Waals surface area contributed by atoms with Crippen LogP contribution < -0.4 is 10.2 Å². The minimum absolute atomic E-state index is 0.0159. The fourth-order valence-corrected chi connectivity index (χ4v) is 5.09. The molecule has 0 spiro atoms. The lowest BCUT2D eigenvalue weighted by Gasteiger charge is -2.35. The third-order valence-corrected chi connectivity index (χ3v) is 7.83. The fourth-order valence-electron chi connectivity index (χ4n) is 5.09. The minimum Gasteiger partial charge on any atom is -0.394 e. The first-order valence-corrected chi connectivity index (χ1v) is 14.2. The molecule has 2 N–H and O–H groups in total. The molecule has 40 heavy (non-hydrogen) atoms. The number of aliphatic hydroxyl groups excluding tert-OH is 1. The van der Waals surface area contributed by atoms with Gasteiger partial charge >= 0.3 is 6.03 Å². The molecule has 1 saturated heterocycles. The van der Waals surface area contributed by atoms with Crippen LogP contribution in [0.25, 0.3) is 0 Å². The predicted octanol–water partition coefficient (Wildman–Crippen LogP) is 1.72. The monoisotopic (exact) mass is 556 g/mol. The van der Waals surface area contributed by atoms with E-state index in [9.17, 15) is 14.7 Å². The van der Waals surface area contributed by atoms with Crippen molar-refractivity contribution in [3.8, 4) is 0 Å². The summed E-state index contributed by atoms with van der Waals surface area (Å²) in [6.45, 7) is 9.34. The number of hydrogen-bond acceptors (Lipinski definition) is 8. The average Bonchev–Trinajstić information content (AvgIpc) is 3.41. The number of amides is 3. The van der Waals surface area contributed by atoms with E-state index in [4.69, 9.17) is 4.74 Å². The Morgan fingerprint density at radius 1 is 1.20 bits per heavy atom. The lowest BCUT2D eigenvalue weighted by atomic mass is 10.0. The Morgan fingerprint density at radius 2 is 1.93 bits per heavy atom. The van der Waals surface area contributed by atoms with Gasteiger partial charge in [-0.2, -0.15) is 0 Å². The van der Waals surface area contributed by atoms with E-state index < -0.39 is 0 Å². The number of rotatable bonds is 6. The van der Waals surface area contributed by atoms with Crippen molar-refractivity contribution in [3.63, 3.8) is 0 Å². The van der Waals surface area contributed by atoms with E-state index in [-0.39, 0.29) is 43.2 Å². The normalized spacial score (nSPS) is 22.2. The van der Waals surface area contributed by atoms with Crippen molar-refractivity contribution in [3.05, 3.63) is 36.2 Å². The zero-order valence-corrected chi connectivity index (χ0v) is 24.2. The Kier molecular flexibility index (Phi) is 10.3. The number of anilines is 2. The van der Waals surface area contributed by atoms with Crippen molar-refractivity contribution in [2.75, 3.05) is 70.2 Å². The van der Waals surface area contributed by atoms with E-state index in [0.717, 1.165) is 37.6 Å². The van der Waals surface area contributed by atoms with Gasteiger partial charge in [0.2, 0.25) is 5.91 Å². The van der Waals surface area contributed by atoms with Crippen LogP contribution in [0.15, 0.2) is 30.5 Å². The van der Waals surface area contributed by atoms with Crippen molar-refractivity contribution in [2.24, 2.45) is 5.92 Å². The Labute approximate surface area is 236 Å². The lowest BCUT2D eigenvalue weighted by molar-refractivity contribution is -0.136. The van der Waals surface area contributed by atoms with Crippen LogP contribution in [-0.4, -0.2) is 119 Å². The smallest absolute Gasteiger partial charge is 0.321 e. The van der Waals surface area contributed by atoms with E-state index >= 15 is 0 Å². The highest BCUT2D eigenvalue weighted by atomic mass is 16.5. The van der Waals surface area contributed by atoms with Crippen LogP contribution in [0.5, 0.6) is 0 Å². The van der Waals surface area contributed by atoms with Crippen molar-refractivity contribution in [2.45, 2.75) is 52.0 Å². The molecule has 0 unspecified atom stereocenters. The maximum atomic E-state index is 13.1. The van der Waals surface area contributed by atoms with Gasteiger partial charge in [-0.25, -0.2) is 4.79 Å². The van der Waals surface area contributed by atoms with E-state index in [1.165, 1.54) is 0 Å². The van der Waals surface area contributed by atoms with E-state index in [1.807, 2.05) is 44.3 Å². The summed E-state index contributed by atoms with van der Waals surface area (Å²) >= 11 is 0. The van der Waals surface area contributed by atoms with Gasteiger partial charge in [-0.3, -0.25) is 9.48 Å². The maximum Gasteiger partial charge on any atom is 0.321 e. The number of aliphatic hydroxyl groups is 1. The lowest BCUT2D eigenvalue weighted by Crippen LogP contribution is -2.48. The molecule has 0 aliphatic carbocycles. The molecule has 4 rings (SSSR count). The zero-order valence-electron chi connectivity index (χ0n) is 24.2. The summed E-state index contributed by atoms with van der Waals surface area (Å²) in [6.07, 6.45) is 2.45. The summed E-state index contributed by atoms with van der Waals surface area (Å²) in [5.41, 5.74) is 2.58. The summed E-state index contributed by atoms with van der Waals surface area (Å²) in [7, 11) is 3.87. The second-order valence-electron chi connectivity index (χ2n) is 11.1. The van der Waals surface area contributed by atoms with E-state index in [1.54, 1.807) is 21.5 Å². The third kappa shape index (κ3) is 7.92. The molecule has 1 fully saturated rings. The molecule has 3 heterocycles. The van der Waals surface area contributed by atoms with Gasteiger partial charge in [-0.15, -0.1) is 5.10 Å². The van der Waals surface area contributed by atoms with Crippen LogP contribution in [0.4, 0.5) is 16.2 Å². The number of carbonyl (C=O) groups is 2. The van der Waals surface area contributed by atoms with Gasteiger partial charge in [0, 0.05) is 76.6 Å². The molecule has 2 bridgehead atoms. The van der Waals surface area contributed by atoms with Crippen LogP contribution >= 0.6 is 0 Å². The number of urea groups is 1. The topological polar surface area (TPSA) is 119 Å². The van der Waals surface area contributed by atoms with Gasteiger partial charge in [0.05, 0.1) is 31.6 Å². The Hall–Kier alpha value is -3.22. The quantitative estimate of drug-likeness (QED) is 0.552. The van der Waals surface area contributed by atoms with Crippen LogP contribution in [0.1, 0.15) is 32.4 Å². The Morgan fingerprint density at radius 3 is 2.62 bits per heavy atom. The fraction of sp³-hybridized carbons (Fsp3) is 0.643. The van der Waals surface area contributed by atoms with Crippen molar-refractivity contribution in [1.82, 2.24) is 29.7 Å². The Bertz CT molecular complexity index is 1100. The number of fused-ring (bicyclic) bond motifs is 2. The second-order valence-corrected chi connectivity index (χ2v) is 11.1. The van der Waals surface area contributed by atoms with Gasteiger partial charge in [0.15, 0.2) is 0 Å².